The zero-order chi connectivity index (χ0) is 18.8. The zero-order valence-electron chi connectivity index (χ0n) is 15.7. The Morgan fingerprint density at radius 2 is 1.62 bits per heavy atom. The Kier molecular flexibility index (Phi) is 7.96. The molecule has 0 aromatic heterocycles. The van der Waals surface area contributed by atoms with Gasteiger partial charge in [0.2, 0.25) is 5.91 Å². The average molecular weight is 356 g/mol. The molecule has 140 valence electrons. The molecule has 5 nitrogen and oxygen atoms in total. The summed E-state index contributed by atoms with van der Waals surface area (Å²) in [4.78, 5) is 12.0. The minimum absolute atomic E-state index is 0.00543. The van der Waals surface area contributed by atoms with Gasteiger partial charge in [0.15, 0.2) is 0 Å². The number of methoxy groups -OCH3 is 1. The van der Waals surface area contributed by atoms with Crippen LogP contribution in [0, 0.1) is 0 Å². The number of amides is 1. The van der Waals surface area contributed by atoms with Crippen LogP contribution in [0.5, 0.6) is 11.5 Å². The summed E-state index contributed by atoms with van der Waals surface area (Å²) in [6.07, 6.45) is 0.425. The van der Waals surface area contributed by atoms with E-state index in [1.54, 1.807) is 7.11 Å². The number of anilines is 1. The van der Waals surface area contributed by atoms with Gasteiger partial charge in [-0.05, 0) is 47.9 Å². The van der Waals surface area contributed by atoms with E-state index in [4.69, 9.17) is 9.47 Å². The van der Waals surface area contributed by atoms with Gasteiger partial charge in [0.1, 0.15) is 18.1 Å². The van der Waals surface area contributed by atoms with Crippen LogP contribution in [-0.4, -0.2) is 32.7 Å². The predicted octanol–water partition coefficient (Wildman–Crippen LogP) is 3.82. The molecule has 0 saturated heterocycles. The first kappa shape index (κ1) is 19.8. The fourth-order valence-electron chi connectivity index (χ4n) is 2.41. The van der Waals surface area contributed by atoms with E-state index in [1.807, 2.05) is 36.4 Å². The Morgan fingerprint density at radius 3 is 2.23 bits per heavy atom. The molecule has 0 spiro atoms. The van der Waals surface area contributed by atoms with Crippen molar-refractivity contribution >= 4 is 11.6 Å². The van der Waals surface area contributed by atoms with Gasteiger partial charge >= 0.3 is 0 Å². The number of benzene rings is 2. The van der Waals surface area contributed by atoms with E-state index in [0.29, 0.717) is 32.0 Å². The fraction of sp³-hybridized carbons (Fsp3) is 0.381. The van der Waals surface area contributed by atoms with Crippen molar-refractivity contribution < 1.29 is 14.3 Å². The molecule has 0 bridgehead atoms. The van der Waals surface area contributed by atoms with Crippen molar-refractivity contribution in [2.75, 3.05) is 32.1 Å². The van der Waals surface area contributed by atoms with Crippen molar-refractivity contribution in [1.82, 2.24) is 5.32 Å². The molecule has 0 saturated carbocycles. The molecule has 0 unspecified atom stereocenters. The summed E-state index contributed by atoms with van der Waals surface area (Å²) in [6.45, 7) is 6.14. The van der Waals surface area contributed by atoms with Crippen molar-refractivity contribution in [3.63, 3.8) is 0 Å². The summed E-state index contributed by atoms with van der Waals surface area (Å²) in [5.74, 6) is 2.10. The quantitative estimate of drug-likeness (QED) is 0.636. The van der Waals surface area contributed by atoms with E-state index in [1.165, 1.54) is 5.56 Å². The van der Waals surface area contributed by atoms with Crippen molar-refractivity contribution in [2.45, 2.75) is 26.2 Å². The lowest BCUT2D eigenvalue weighted by molar-refractivity contribution is -0.116. The standard InChI is InChI=1S/C21H28N2O3/c1-16(2)17-4-6-18(7-5-17)23-21(24)12-13-22-14-15-26-20-10-8-19(25-3)9-11-20/h4-11,16,22H,12-15H2,1-3H3,(H,23,24). The molecule has 2 aromatic rings. The summed E-state index contributed by atoms with van der Waals surface area (Å²) < 4.78 is 10.7. The van der Waals surface area contributed by atoms with Crippen LogP contribution in [0.1, 0.15) is 31.7 Å². The monoisotopic (exact) mass is 356 g/mol. The molecule has 2 rings (SSSR count). The summed E-state index contributed by atoms with van der Waals surface area (Å²) >= 11 is 0. The lowest BCUT2D eigenvalue weighted by atomic mass is 10.0. The molecule has 1 amide bonds. The van der Waals surface area contributed by atoms with Crippen LogP contribution in [0.15, 0.2) is 48.5 Å². The first-order chi connectivity index (χ1) is 12.6. The number of hydrogen-bond donors (Lipinski definition) is 2. The molecular formula is C21H28N2O3. The van der Waals surface area contributed by atoms with Crippen molar-refractivity contribution in [2.24, 2.45) is 0 Å². The topological polar surface area (TPSA) is 59.6 Å². The van der Waals surface area contributed by atoms with E-state index in [2.05, 4.69) is 36.6 Å². The minimum Gasteiger partial charge on any atom is -0.497 e. The van der Waals surface area contributed by atoms with Crippen LogP contribution in [0.25, 0.3) is 0 Å². The summed E-state index contributed by atoms with van der Waals surface area (Å²) in [5.41, 5.74) is 2.10. The number of ether oxygens (including phenoxy) is 2. The van der Waals surface area contributed by atoms with Gasteiger partial charge in [-0.2, -0.15) is 0 Å². The number of nitrogens with one attached hydrogen (secondary N) is 2. The molecule has 0 aliphatic rings. The molecule has 5 heteroatoms. The van der Waals surface area contributed by atoms with Crippen LogP contribution >= 0.6 is 0 Å². The van der Waals surface area contributed by atoms with Crippen LogP contribution in [0.3, 0.4) is 0 Å². The fourth-order valence-corrected chi connectivity index (χ4v) is 2.41. The van der Waals surface area contributed by atoms with E-state index in [-0.39, 0.29) is 5.91 Å². The molecule has 0 aliphatic carbocycles. The van der Waals surface area contributed by atoms with Gasteiger partial charge in [0.25, 0.3) is 0 Å². The summed E-state index contributed by atoms with van der Waals surface area (Å²) in [6, 6.07) is 15.5. The average Bonchev–Trinajstić information content (AvgIpc) is 2.65. The molecule has 2 N–H and O–H groups in total. The first-order valence-corrected chi connectivity index (χ1v) is 8.96. The normalized spacial score (nSPS) is 10.6. The van der Waals surface area contributed by atoms with Gasteiger partial charge in [0, 0.05) is 25.2 Å². The Balaban J connectivity index is 1.58. The minimum atomic E-state index is 0.00543. The van der Waals surface area contributed by atoms with Crippen LogP contribution in [-0.2, 0) is 4.79 Å². The highest BCUT2D eigenvalue weighted by Crippen LogP contribution is 2.17. The maximum Gasteiger partial charge on any atom is 0.225 e. The lowest BCUT2D eigenvalue weighted by Crippen LogP contribution is -2.25. The second-order valence-electron chi connectivity index (χ2n) is 6.35. The third-order valence-electron chi connectivity index (χ3n) is 4.00. The van der Waals surface area contributed by atoms with E-state index in [9.17, 15) is 4.79 Å². The number of carbonyl (C=O) groups is 1. The van der Waals surface area contributed by atoms with Crippen LogP contribution in [0.4, 0.5) is 5.69 Å². The molecule has 0 heterocycles. The largest absolute Gasteiger partial charge is 0.497 e. The van der Waals surface area contributed by atoms with Gasteiger partial charge < -0.3 is 20.1 Å². The Morgan fingerprint density at radius 1 is 0.962 bits per heavy atom. The molecule has 26 heavy (non-hydrogen) atoms. The summed E-state index contributed by atoms with van der Waals surface area (Å²) in [5, 5.41) is 6.12. The van der Waals surface area contributed by atoms with E-state index >= 15 is 0 Å². The smallest absolute Gasteiger partial charge is 0.225 e. The van der Waals surface area contributed by atoms with Crippen molar-refractivity contribution in [3.8, 4) is 11.5 Å². The second kappa shape index (κ2) is 10.5. The Hall–Kier alpha value is -2.53. The predicted molar refractivity (Wildman–Crippen MR) is 105 cm³/mol. The van der Waals surface area contributed by atoms with Gasteiger partial charge in [-0.25, -0.2) is 0 Å². The molecule has 0 atom stereocenters. The van der Waals surface area contributed by atoms with Crippen LogP contribution in [0.2, 0.25) is 0 Å². The zero-order valence-corrected chi connectivity index (χ0v) is 15.7. The highest BCUT2D eigenvalue weighted by Gasteiger charge is 2.03. The maximum atomic E-state index is 12.0. The highest BCUT2D eigenvalue weighted by molar-refractivity contribution is 5.90. The van der Waals surface area contributed by atoms with Gasteiger partial charge in [-0.1, -0.05) is 26.0 Å². The SMILES string of the molecule is COc1ccc(OCCNCCC(=O)Nc2ccc(C(C)C)cc2)cc1. The van der Waals surface area contributed by atoms with E-state index in [0.717, 1.165) is 17.2 Å². The Bertz CT molecular complexity index is 667. The van der Waals surface area contributed by atoms with E-state index < -0.39 is 0 Å². The molecule has 0 fully saturated rings. The van der Waals surface area contributed by atoms with Gasteiger partial charge in [-0.3, -0.25) is 4.79 Å². The number of carbonyl (C=O) groups excluding carboxylic acids is 1. The molecule has 0 aliphatic heterocycles. The molecule has 0 radical (unpaired) electrons. The molecular weight excluding hydrogens is 328 g/mol. The maximum absolute atomic E-state index is 12.0. The van der Waals surface area contributed by atoms with Gasteiger partial charge in [0.05, 0.1) is 7.11 Å². The van der Waals surface area contributed by atoms with Crippen molar-refractivity contribution in [1.29, 1.82) is 0 Å². The second-order valence-corrected chi connectivity index (χ2v) is 6.35. The third-order valence-corrected chi connectivity index (χ3v) is 4.00. The summed E-state index contributed by atoms with van der Waals surface area (Å²) in [7, 11) is 1.64. The number of hydrogen-bond acceptors (Lipinski definition) is 4. The molecule has 2 aromatic carbocycles. The third kappa shape index (κ3) is 6.76. The number of rotatable bonds is 10. The van der Waals surface area contributed by atoms with Crippen molar-refractivity contribution in [3.05, 3.63) is 54.1 Å². The highest BCUT2D eigenvalue weighted by atomic mass is 16.5. The van der Waals surface area contributed by atoms with Crippen LogP contribution < -0.4 is 20.1 Å². The lowest BCUT2D eigenvalue weighted by Gasteiger charge is -2.10. The Labute approximate surface area is 155 Å². The first-order valence-electron chi connectivity index (χ1n) is 8.96. The van der Waals surface area contributed by atoms with Gasteiger partial charge in [-0.15, -0.1) is 0 Å².